The van der Waals surface area contributed by atoms with Crippen LogP contribution in [0.1, 0.15) is 11.1 Å². The zero-order valence-corrected chi connectivity index (χ0v) is 10.3. The van der Waals surface area contributed by atoms with E-state index in [2.05, 4.69) is 0 Å². The Morgan fingerprint density at radius 3 is 2.22 bits per heavy atom. The Labute approximate surface area is 106 Å². The van der Waals surface area contributed by atoms with Crippen LogP contribution >= 0.6 is 0 Å². The number of benzene rings is 2. The molecule has 0 saturated carbocycles. The number of aliphatic hydroxyl groups excluding tert-OH is 2. The van der Waals surface area contributed by atoms with Crippen LogP contribution in [0.5, 0.6) is 5.75 Å². The van der Waals surface area contributed by atoms with Gasteiger partial charge in [0.1, 0.15) is 5.75 Å². The lowest BCUT2D eigenvalue weighted by Gasteiger charge is -2.15. The van der Waals surface area contributed by atoms with E-state index >= 15 is 0 Å². The number of methoxy groups -OCH3 is 1. The summed E-state index contributed by atoms with van der Waals surface area (Å²) >= 11 is 0. The summed E-state index contributed by atoms with van der Waals surface area (Å²) in [5, 5.41) is 18.8. The van der Waals surface area contributed by atoms with Crippen LogP contribution in [0.15, 0.2) is 42.5 Å². The minimum absolute atomic E-state index is 0.0426. The summed E-state index contributed by atoms with van der Waals surface area (Å²) in [5.74, 6) is 0.697. The van der Waals surface area contributed by atoms with E-state index in [0.717, 1.165) is 22.3 Å². The van der Waals surface area contributed by atoms with Crippen LogP contribution in [0.25, 0.3) is 11.1 Å². The van der Waals surface area contributed by atoms with Crippen LogP contribution < -0.4 is 4.74 Å². The smallest absolute Gasteiger partial charge is 0.127 e. The molecule has 2 aromatic rings. The third-order valence-electron chi connectivity index (χ3n) is 2.96. The van der Waals surface area contributed by atoms with Crippen molar-refractivity contribution < 1.29 is 14.9 Å². The summed E-state index contributed by atoms with van der Waals surface area (Å²) in [4.78, 5) is 0. The largest absolute Gasteiger partial charge is 0.496 e. The molecule has 0 unspecified atom stereocenters. The predicted molar refractivity (Wildman–Crippen MR) is 70.3 cm³/mol. The maximum absolute atomic E-state index is 9.45. The number of ether oxygens (including phenoxy) is 1. The van der Waals surface area contributed by atoms with Gasteiger partial charge < -0.3 is 14.9 Å². The van der Waals surface area contributed by atoms with Crippen LogP contribution in [-0.2, 0) is 13.2 Å². The topological polar surface area (TPSA) is 49.7 Å². The normalized spacial score (nSPS) is 10.4. The standard InChI is InChI=1S/C15H16O3/c1-18-14-8-4-6-12(10-17)15(14)13-7-3-2-5-11(13)9-16/h2-8,16-17H,9-10H2,1H3. The van der Waals surface area contributed by atoms with Gasteiger partial charge >= 0.3 is 0 Å². The highest BCUT2D eigenvalue weighted by molar-refractivity contribution is 5.76. The minimum Gasteiger partial charge on any atom is -0.496 e. The molecule has 0 aliphatic carbocycles. The van der Waals surface area contributed by atoms with Crippen molar-refractivity contribution in [2.75, 3.05) is 7.11 Å². The van der Waals surface area contributed by atoms with Crippen molar-refractivity contribution >= 4 is 0 Å². The van der Waals surface area contributed by atoms with Crippen molar-refractivity contribution in [2.45, 2.75) is 13.2 Å². The van der Waals surface area contributed by atoms with Crippen molar-refractivity contribution in [3.63, 3.8) is 0 Å². The van der Waals surface area contributed by atoms with Crippen molar-refractivity contribution in [3.8, 4) is 16.9 Å². The van der Waals surface area contributed by atoms with Gasteiger partial charge in [0.25, 0.3) is 0 Å². The molecule has 0 heterocycles. The lowest BCUT2D eigenvalue weighted by Crippen LogP contribution is -1.97. The fourth-order valence-corrected chi connectivity index (χ4v) is 2.09. The molecular weight excluding hydrogens is 228 g/mol. The van der Waals surface area contributed by atoms with Gasteiger partial charge in [0.2, 0.25) is 0 Å². The number of hydrogen-bond donors (Lipinski definition) is 2. The molecule has 3 heteroatoms. The fraction of sp³-hybridized carbons (Fsp3) is 0.200. The monoisotopic (exact) mass is 244 g/mol. The molecule has 3 nitrogen and oxygen atoms in total. The van der Waals surface area contributed by atoms with Crippen LogP contribution in [0.3, 0.4) is 0 Å². The summed E-state index contributed by atoms with van der Waals surface area (Å²) < 4.78 is 5.35. The predicted octanol–water partition coefficient (Wildman–Crippen LogP) is 2.35. The van der Waals surface area contributed by atoms with E-state index < -0.39 is 0 Å². The Hall–Kier alpha value is -1.84. The summed E-state index contributed by atoms with van der Waals surface area (Å²) in [6, 6.07) is 13.1. The minimum atomic E-state index is -0.0632. The summed E-state index contributed by atoms with van der Waals surface area (Å²) in [6.07, 6.45) is 0. The molecule has 0 radical (unpaired) electrons. The highest BCUT2D eigenvalue weighted by atomic mass is 16.5. The highest BCUT2D eigenvalue weighted by Crippen LogP contribution is 2.35. The SMILES string of the molecule is COc1cccc(CO)c1-c1ccccc1CO. The summed E-state index contributed by atoms with van der Waals surface area (Å²) in [6.45, 7) is -0.106. The Bertz CT molecular complexity index is 513. The maximum atomic E-state index is 9.45. The second-order valence-electron chi connectivity index (χ2n) is 3.97. The number of rotatable bonds is 4. The van der Waals surface area contributed by atoms with Gasteiger partial charge in [-0.1, -0.05) is 36.4 Å². The van der Waals surface area contributed by atoms with E-state index in [9.17, 15) is 10.2 Å². The van der Waals surface area contributed by atoms with Gasteiger partial charge in [-0.3, -0.25) is 0 Å². The van der Waals surface area contributed by atoms with Crippen LogP contribution in [-0.4, -0.2) is 17.3 Å². The molecule has 2 aromatic carbocycles. The molecule has 0 saturated heterocycles. The second kappa shape index (κ2) is 5.67. The van der Waals surface area contributed by atoms with Gasteiger partial charge in [0.05, 0.1) is 20.3 Å². The highest BCUT2D eigenvalue weighted by Gasteiger charge is 2.13. The van der Waals surface area contributed by atoms with E-state index in [1.165, 1.54) is 0 Å². The van der Waals surface area contributed by atoms with Crippen LogP contribution in [0, 0.1) is 0 Å². The molecule has 0 aliphatic rings. The Kier molecular flexibility index (Phi) is 3.97. The molecule has 0 atom stereocenters. The van der Waals surface area contributed by atoms with Crippen molar-refractivity contribution in [1.82, 2.24) is 0 Å². The van der Waals surface area contributed by atoms with Crippen molar-refractivity contribution in [1.29, 1.82) is 0 Å². The van der Waals surface area contributed by atoms with Gasteiger partial charge in [-0.25, -0.2) is 0 Å². The molecule has 0 aromatic heterocycles. The van der Waals surface area contributed by atoms with E-state index in [-0.39, 0.29) is 13.2 Å². The lowest BCUT2D eigenvalue weighted by atomic mass is 9.95. The van der Waals surface area contributed by atoms with Gasteiger partial charge in [0.15, 0.2) is 0 Å². The molecule has 94 valence electrons. The van der Waals surface area contributed by atoms with Gasteiger partial charge in [-0.05, 0) is 22.8 Å². The Balaban J connectivity index is 2.68. The average Bonchev–Trinajstić information content (AvgIpc) is 2.46. The van der Waals surface area contributed by atoms with E-state index in [1.54, 1.807) is 7.11 Å². The van der Waals surface area contributed by atoms with Crippen molar-refractivity contribution in [2.24, 2.45) is 0 Å². The van der Waals surface area contributed by atoms with Crippen LogP contribution in [0.2, 0.25) is 0 Å². The number of aliphatic hydroxyl groups is 2. The van der Waals surface area contributed by atoms with Gasteiger partial charge in [0, 0.05) is 5.56 Å². The van der Waals surface area contributed by atoms with Crippen LogP contribution in [0.4, 0.5) is 0 Å². The molecule has 2 rings (SSSR count). The third kappa shape index (κ3) is 2.23. The Morgan fingerprint density at radius 1 is 0.889 bits per heavy atom. The Morgan fingerprint density at radius 2 is 1.56 bits per heavy atom. The molecule has 0 fully saturated rings. The molecular formula is C15H16O3. The molecule has 0 bridgehead atoms. The zero-order valence-electron chi connectivity index (χ0n) is 10.3. The fourth-order valence-electron chi connectivity index (χ4n) is 2.09. The summed E-state index contributed by atoms with van der Waals surface area (Å²) in [7, 11) is 1.60. The molecule has 0 amide bonds. The van der Waals surface area contributed by atoms with E-state index in [1.807, 2.05) is 42.5 Å². The third-order valence-corrected chi connectivity index (χ3v) is 2.96. The van der Waals surface area contributed by atoms with E-state index in [4.69, 9.17) is 4.74 Å². The first-order valence-corrected chi connectivity index (χ1v) is 5.77. The van der Waals surface area contributed by atoms with Crippen molar-refractivity contribution in [3.05, 3.63) is 53.6 Å². The zero-order chi connectivity index (χ0) is 13.0. The number of hydrogen-bond acceptors (Lipinski definition) is 3. The molecule has 0 spiro atoms. The summed E-state index contributed by atoms with van der Waals surface area (Å²) in [5.41, 5.74) is 3.33. The van der Waals surface area contributed by atoms with E-state index in [0.29, 0.717) is 5.75 Å². The first-order valence-electron chi connectivity index (χ1n) is 5.77. The lowest BCUT2D eigenvalue weighted by molar-refractivity contribution is 0.279. The van der Waals surface area contributed by atoms with Gasteiger partial charge in [-0.2, -0.15) is 0 Å². The maximum Gasteiger partial charge on any atom is 0.127 e. The second-order valence-corrected chi connectivity index (χ2v) is 3.97. The molecule has 0 aliphatic heterocycles. The first kappa shape index (κ1) is 12.6. The molecule has 2 N–H and O–H groups in total. The first-order chi connectivity index (χ1) is 8.81. The van der Waals surface area contributed by atoms with Gasteiger partial charge in [-0.15, -0.1) is 0 Å². The quantitative estimate of drug-likeness (QED) is 0.868. The average molecular weight is 244 g/mol. The molecule has 18 heavy (non-hydrogen) atoms.